The van der Waals surface area contributed by atoms with Crippen LogP contribution in [0.2, 0.25) is 0 Å². The third-order valence-electron chi connectivity index (χ3n) is 5.68. The number of methoxy groups -OCH3 is 1. The summed E-state index contributed by atoms with van der Waals surface area (Å²) in [6, 6.07) is 14.1. The Morgan fingerprint density at radius 2 is 1.93 bits per heavy atom. The fourth-order valence-corrected chi connectivity index (χ4v) is 4.83. The summed E-state index contributed by atoms with van der Waals surface area (Å²) in [6.45, 7) is 5.85. The van der Waals surface area contributed by atoms with E-state index in [2.05, 4.69) is 35.3 Å². The van der Waals surface area contributed by atoms with Crippen molar-refractivity contribution in [3.05, 3.63) is 48.0 Å². The summed E-state index contributed by atoms with van der Waals surface area (Å²) in [5.41, 5.74) is 4.15. The number of piperidine rings is 1. The summed E-state index contributed by atoms with van der Waals surface area (Å²) in [5, 5.41) is 4.05. The first-order valence-electron chi connectivity index (χ1n) is 10.1. The van der Waals surface area contributed by atoms with Crippen LogP contribution in [0.25, 0.3) is 20.8 Å². The van der Waals surface area contributed by atoms with Crippen LogP contribution in [-0.4, -0.2) is 48.1 Å². The number of thiazole rings is 1. The molecule has 1 fully saturated rings. The van der Waals surface area contributed by atoms with Crippen molar-refractivity contribution in [3.63, 3.8) is 0 Å². The number of carbonyl (C=O) groups excluding carboxylic acids is 1. The van der Waals surface area contributed by atoms with E-state index in [1.165, 1.54) is 10.3 Å². The summed E-state index contributed by atoms with van der Waals surface area (Å²) >= 11 is 1.69. The van der Waals surface area contributed by atoms with Gasteiger partial charge in [0.15, 0.2) is 0 Å². The first-order chi connectivity index (χ1) is 14.0. The lowest BCUT2D eigenvalue weighted by Gasteiger charge is -2.34. The molecule has 0 spiro atoms. The maximum atomic E-state index is 12.7. The van der Waals surface area contributed by atoms with Crippen LogP contribution in [0.5, 0.6) is 0 Å². The highest BCUT2D eigenvalue weighted by atomic mass is 32.1. The zero-order valence-corrected chi connectivity index (χ0v) is 18.0. The number of hydrogen-bond acceptors (Lipinski definition) is 5. The second kappa shape index (κ2) is 8.61. The predicted molar refractivity (Wildman–Crippen MR) is 119 cm³/mol. The van der Waals surface area contributed by atoms with Crippen LogP contribution in [0, 0.1) is 6.92 Å². The second-order valence-electron chi connectivity index (χ2n) is 7.70. The number of aromatic nitrogens is 1. The van der Waals surface area contributed by atoms with E-state index < -0.39 is 0 Å². The van der Waals surface area contributed by atoms with Crippen molar-refractivity contribution < 1.29 is 9.53 Å². The number of fused-ring (bicyclic) bond motifs is 1. The van der Waals surface area contributed by atoms with E-state index >= 15 is 0 Å². The van der Waals surface area contributed by atoms with Crippen molar-refractivity contribution in [2.75, 3.05) is 25.5 Å². The van der Waals surface area contributed by atoms with Crippen LogP contribution in [0.15, 0.2) is 42.5 Å². The quantitative estimate of drug-likeness (QED) is 0.663. The van der Waals surface area contributed by atoms with Crippen molar-refractivity contribution in [2.24, 2.45) is 0 Å². The zero-order chi connectivity index (χ0) is 20.4. The lowest BCUT2D eigenvalue weighted by Crippen LogP contribution is -2.47. The number of amides is 1. The Balaban J connectivity index is 1.40. The maximum Gasteiger partial charge on any atom is 0.241 e. The van der Waals surface area contributed by atoms with E-state index in [-0.39, 0.29) is 11.9 Å². The summed E-state index contributed by atoms with van der Waals surface area (Å²) in [5.74, 6) is 0.0316. The molecule has 152 valence electrons. The maximum absolute atomic E-state index is 12.7. The highest BCUT2D eigenvalue weighted by Gasteiger charge is 2.26. The number of carbonyl (C=O) groups is 1. The number of nitrogens with zero attached hydrogens (tertiary/aromatic N) is 2. The van der Waals surface area contributed by atoms with Crippen molar-refractivity contribution in [1.29, 1.82) is 0 Å². The molecule has 1 aromatic heterocycles. The molecule has 1 N–H and O–H groups in total. The first-order valence-corrected chi connectivity index (χ1v) is 10.9. The SMILES string of the molecule is COC1CCN(C(C)C(=O)Nc2ccc(-c3nc4ccc(C)cc4s3)cc2)CC1. The Morgan fingerprint density at radius 1 is 1.21 bits per heavy atom. The fraction of sp³-hybridized carbons (Fsp3) is 0.391. The van der Waals surface area contributed by atoms with Gasteiger partial charge in [0.05, 0.1) is 22.4 Å². The molecule has 2 heterocycles. The lowest BCUT2D eigenvalue weighted by atomic mass is 10.1. The van der Waals surface area contributed by atoms with Crippen molar-refractivity contribution in [3.8, 4) is 10.6 Å². The highest BCUT2D eigenvalue weighted by molar-refractivity contribution is 7.21. The van der Waals surface area contributed by atoms with Crippen LogP contribution in [0.1, 0.15) is 25.3 Å². The van der Waals surface area contributed by atoms with Gasteiger partial charge in [-0.3, -0.25) is 9.69 Å². The van der Waals surface area contributed by atoms with Gasteiger partial charge in [-0.1, -0.05) is 6.07 Å². The van der Waals surface area contributed by atoms with Gasteiger partial charge < -0.3 is 10.1 Å². The van der Waals surface area contributed by atoms with E-state index in [1.807, 2.05) is 31.2 Å². The Bertz CT molecular complexity index is 991. The normalized spacial score (nSPS) is 16.8. The molecule has 1 aliphatic heterocycles. The molecule has 1 saturated heterocycles. The molecule has 6 heteroatoms. The van der Waals surface area contributed by atoms with Gasteiger partial charge in [0.2, 0.25) is 5.91 Å². The lowest BCUT2D eigenvalue weighted by molar-refractivity contribution is -0.121. The van der Waals surface area contributed by atoms with Gasteiger partial charge in [-0.2, -0.15) is 0 Å². The largest absolute Gasteiger partial charge is 0.381 e. The summed E-state index contributed by atoms with van der Waals surface area (Å²) < 4.78 is 6.61. The number of anilines is 1. The number of ether oxygens (including phenoxy) is 1. The number of likely N-dealkylation sites (tertiary alicyclic amines) is 1. The Kier molecular flexibility index (Phi) is 5.94. The van der Waals surface area contributed by atoms with Crippen LogP contribution >= 0.6 is 11.3 Å². The standard InChI is InChI=1S/C23H27N3O2S/c1-15-4-9-20-21(14-15)29-23(25-20)17-5-7-18(8-6-17)24-22(27)16(2)26-12-10-19(28-3)11-13-26/h4-9,14,16,19H,10-13H2,1-3H3,(H,24,27). The molecular weight excluding hydrogens is 382 g/mol. The van der Waals surface area contributed by atoms with Gasteiger partial charge in [0, 0.05) is 31.5 Å². The van der Waals surface area contributed by atoms with Gasteiger partial charge in [-0.15, -0.1) is 11.3 Å². The van der Waals surface area contributed by atoms with E-state index in [0.29, 0.717) is 6.10 Å². The van der Waals surface area contributed by atoms with Crippen LogP contribution < -0.4 is 5.32 Å². The molecule has 0 radical (unpaired) electrons. The third-order valence-corrected chi connectivity index (χ3v) is 6.75. The predicted octanol–water partition coefficient (Wildman–Crippen LogP) is 4.71. The highest BCUT2D eigenvalue weighted by Crippen LogP contribution is 2.31. The van der Waals surface area contributed by atoms with Gasteiger partial charge in [0.1, 0.15) is 5.01 Å². The van der Waals surface area contributed by atoms with Gasteiger partial charge in [-0.25, -0.2) is 4.98 Å². The number of rotatable bonds is 5. The minimum atomic E-state index is -0.153. The average molecular weight is 410 g/mol. The first kappa shape index (κ1) is 20.0. The minimum Gasteiger partial charge on any atom is -0.381 e. The molecule has 0 bridgehead atoms. The second-order valence-corrected chi connectivity index (χ2v) is 8.73. The van der Waals surface area contributed by atoms with Crippen molar-refractivity contribution >= 4 is 33.1 Å². The monoisotopic (exact) mass is 409 g/mol. The third kappa shape index (κ3) is 4.50. The fourth-order valence-electron chi connectivity index (χ4n) is 3.76. The molecule has 1 unspecified atom stereocenters. The van der Waals surface area contributed by atoms with Gasteiger partial charge >= 0.3 is 0 Å². The molecule has 1 aliphatic rings. The molecule has 0 aliphatic carbocycles. The molecule has 29 heavy (non-hydrogen) atoms. The molecular formula is C23H27N3O2S. The van der Waals surface area contributed by atoms with E-state index in [0.717, 1.165) is 47.7 Å². The van der Waals surface area contributed by atoms with Crippen LogP contribution in [-0.2, 0) is 9.53 Å². The van der Waals surface area contributed by atoms with Crippen LogP contribution in [0.3, 0.4) is 0 Å². The smallest absolute Gasteiger partial charge is 0.241 e. The number of aryl methyl sites for hydroxylation is 1. The summed E-state index contributed by atoms with van der Waals surface area (Å²) in [6.07, 6.45) is 2.27. The zero-order valence-electron chi connectivity index (χ0n) is 17.1. The van der Waals surface area contributed by atoms with E-state index in [9.17, 15) is 4.79 Å². The van der Waals surface area contributed by atoms with Crippen molar-refractivity contribution in [2.45, 2.75) is 38.8 Å². The molecule has 1 amide bonds. The Morgan fingerprint density at radius 3 is 2.62 bits per heavy atom. The van der Waals surface area contributed by atoms with E-state index in [1.54, 1.807) is 18.4 Å². The van der Waals surface area contributed by atoms with E-state index in [4.69, 9.17) is 9.72 Å². The molecule has 3 aromatic rings. The van der Waals surface area contributed by atoms with Crippen molar-refractivity contribution in [1.82, 2.24) is 9.88 Å². The average Bonchev–Trinajstić information content (AvgIpc) is 3.17. The molecule has 1 atom stereocenters. The molecule has 0 saturated carbocycles. The summed E-state index contributed by atoms with van der Waals surface area (Å²) in [7, 11) is 1.76. The van der Waals surface area contributed by atoms with Gasteiger partial charge in [0.25, 0.3) is 0 Å². The Labute approximate surface area is 175 Å². The topological polar surface area (TPSA) is 54.5 Å². The minimum absolute atomic E-state index is 0.0316. The summed E-state index contributed by atoms with van der Waals surface area (Å²) in [4.78, 5) is 19.6. The number of benzene rings is 2. The number of nitrogens with one attached hydrogen (secondary N) is 1. The Hall–Kier alpha value is -2.28. The van der Waals surface area contributed by atoms with Gasteiger partial charge in [-0.05, 0) is 68.7 Å². The number of hydrogen-bond donors (Lipinski definition) is 1. The molecule has 4 rings (SSSR count). The van der Waals surface area contributed by atoms with Crippen LogP contribution in [0.4, 0.5) is 5.69 Å². The molecule has 5 nitrogen and oxygen atoms in total. The molecule has 2 aromatic carbocycles.